The van der Waals surface area contributed by atoms with Crippen molar-refractivity contribution in [3.05, 3.63) is 194 Å². The van der Waals surface area contributed by atoms with Crippen LogP contribution in [0.15, 0.2) is 183 Å². The fourth-order valence-electron chi connectivity index (χ4n) is 7.10. The molecule has 9 heteroatoms. The van der Waals surface area contributed by atoms with Crippen LogP contribution in [0.25, 0.3) is 87.5 Å². The van der Waals surface area contributed by atoms with Gasteiger partial charge in [-0.15, -0.1) is 0 Å². The molecule has 0 bridgehead atoms. The molecule has 0 saturated heterocycles. The Morgan fingerprint density at radius 3 is 1.14 bits per heavy atom. The van der Waals surface area contributed by atoms with Gasteiger partial charge in [0, 0.05) is 100 Å². The quantitative estimate of drug-likeness (QED) is 0.0643. The summed E-state index contributed by atoms with van der Waals surface area (Å²) < 4.78 is 0. The molecule has 12 aromatic rings. The van der Waals surface area contributed by atoms with Crippen molar-refractivity contribution < 1.29 is 19.5 Å². The first kappa shape index (κ1) is 37.0. The van der Waals surface area contributed by atoms with Crippen LogP contribution in [-0.4, -0.2) is 39.9 Å². The number of hydrogen-bond donors (Lipinski definition) is 0. The minimum absolute atomic E-state index is 0. The number of nitrogens with zero attached hydrogens (tertiary/aromatic N) is 8. The Labute approximate surface area is 350 Å². The fourth-order valence-corrected chi connectivity index (χ4v) is 7.10. The Hall–Kier alpha value is -7.66. The second kappa shape index (κ2) is 16.4. The summed E-state index contributed by atoms with van der Waals surface area (Å²) in [5.41, 5.74) is 10.8. The third-order valence-electron chi connectivity index (χ3n) is 9.83. The molecule has 0 aliphatic heterocycles. The molecule has 0 atom stereocenters. The maximum Gasteiger partial charge on any atom is 0.0996 e. The summed E-state index contributed by atoms with van der Waals surface area (Å²) in [6.45, 7) is 0. The minimum Gasteiger partial charge on any atom is -0.254 e. The zero-order valence-corrected chi connectivity index (χ0v) is 33.0. The van der Waals surface area contributed by atoms with Gasteiger partial charge in [-0.1, -0.05) is 78.6 Å². The van der Waals surface area contributed by atoms with E-state index in [0.29, 0.717) is 0 Å². The van der Waals surface area contributed by atoms with Crippen LogP contribution in [0.3, 0.4) is 0 Å². The monoisotopic (exact) mass is 844 g/mol. The van der Waals surface area contributed by atoms with Crippen molar-refractivity contribution in [2.75, 3.05) is 0 Å². The third kappa shape index (κ3) is 7.37. The molecule has 7 aromatic heterocycles. The molecule has 0 aliphatic carbocycles. The van der Waals surface area contributed by atoms with Crippen molar-refractivity contribution in [1.29, 1.82) is 0 Å². The molecule has 0 radical (unpaired) electrons. The zero-order valence-electron chi connectivity index (χ0n) is 31.3. The van der Waals surface area contributed by atoms with Crippen LogP contribution >= 0.6 is 0 Å². The van der Waals surface area contributed by atoms with Crippen LogP contribution in [0.2, 0.25) is 0 Å². The summed E-state index contributed by atoms with van der Waals surface area (Å²) >= 11 is 0. The van der Waals surface area contributed by atoms with E-state index < -0.39 is 0 Å². The van der Waals surface area contributed by atoms with Crippen LogP contribution in [0.5, 0.6) is 0 Å². The van der Waals surface area contributed by atoms with Crippen LogP contribution in [0, 0.1) is 11.8 Å². The minimum atomic E-state index is 0. The van der Waals surface area contributed by atoms with E-state index in [9.17, 15) is 0 Å². The molecule has 59 heavy (non-hydrogen) atoms. The van der Waals surface area contributed by atoms with E-state index in [1.807, 2.05) is 97.1 Å². The summed E-state index contributed by atoms with van der Waals surface area (Å²) in [6.07, 6.45) is 10.8. The molecule has 278 valence electrons. The second-order valence-electron chi connectivity index (χ2n) is 13.5. The Morgan fingerprint density at radius 1 is 0.288 bits per heavy atom. The molecule has 0 unspecified atom stereocenters. The predicted octanol–water partition coefficient (Wildman–Crippen LogP) is 10.8. The van der Waals surface area contributed by atoms with Gasteiger partial charge >= 0.3 is 0 Å². The molecule has 0 N–H and O–H groups in total. The number of pyridine rings is 6. The number of aromatic nitrogens is 8. The predicted molar refractivity (Wildman–Crippen MR) is 234 cm³/mol. The second-order valence-corrected chi connectivity index (χ2v) is 13.5. The molecular weight excluding hydrogens is 814 g/mol. The van der Waals surface area contributed by atoms with Gasteiger partial charge in [0.2, 0.25) is 0 Å². The SMILES string of the molecule is C(#Cc1ccc2nc3c4cccnc4c4ncccc4c3nc2c1)c1ccccc1.[Ru].c1cnc2c(c1)ccc1cccnc12.c1cnc2c(c1)ccc1cccnc12. The van der Waals surface area contributed by atoms with Gasteiger partial charge in [0.05, 0.1) is 55.2 Å². The maximum absolute atomic E-state index is 4.97. The fraction of sp³-hybridized carbons (Fsp3) is 0. The standard InChI is InChI=1S/C26H14N4.2C12H8N2.Ru/c1-2-6-17(7-3-1)10-11-18-12-13-21-22(16-18)30-26-20-9-5-15-28-24(20)23-19(25(26)29-21)8-4-14-27-23;2*1-3-9-5-6-10-4-2-8-14-12(10)11(9)13-7-1;/h1-9,12-16H;2*1-8H;. The number of hydrogen-bond acceptors (Lipinski definition) is 8. The Kier molecular flexibility index (Phi) is 10.3. The Bertz CT molecular complexity index is 3330. The third-order valence-corrected chi connectivity index (χ3v) is 9.83. The van der Waals surface area contributed by atoms with E-state index in [1.54, 1.807) is 37.2 Å². The van der Waals surface area contributed by atoms with E-state index in [2.05, 4.69) is 90.3 Å². The molecule has 0 saturated carbocycles. The first-order valence-corrected chi connectivity index (χ1v) is 18.7. The summed E-state index contributed by atoms with van der Waals surface area (Å²) in [6, 6.07) is 48.1. The normalized spacial score (nSPS) is 10.8. The average Bonchev–Trinajstić information content (AvgIpc) is 3.31. The van der Waals surface area contributed by atoms with E-state index in [4.69, 9.17) is 9.97 Å². The molecule has 12 rings (SSSR count). The Morgan fingerprint density at radius 2 is 0.678 bits per heavy atom. The van der Waals surface area contributed by atoms with Crippen LogP contribution in [0.4, 0.5) is 0 Å². The summed E-state index contributed by atoms with van der Waals surface area (Å²) in [7, 11) is 0. The van der Waals surface area contributed by atoms with Gasteiger partial charge in [-0.2, -0.15) is 0 Å². The first-order valence-electron chi connectivity index (χ1n) is 18.7. The van der Waals surface area contributed by atoms with Gasteiger partial charge in [0.15, 0.2) is 0 Å². The van der Waals surface area contributed by atoms with E-state index in [1.165, 1.54) is 0 Å². The van der Waals surface area contributed by atoms with E-state index in [-0.39, 0.29) is 19.5 Å². The molecular formula is C50H30N8Ru. The first-order chi connectivity index (χ1) is 28.8. The van der Waals surface area contributed by atoms with Gasteiger partial charge in [0.1, 0.15) is 0 Å². The van der Waals surface area contributed by atoms with Crippen molar-refractivity contribution in [2.45, 2.75) is 0 Å². The zero-order chi connectivity index (χ0) is 38.7. The van der Waals surface area contributed by atoms with Crippen molar-refractivity contribution in [3.63, 3.8) is 0 Å². The molecule has 0 aliphatic rings. The van der Waals surface area contributed by atoms with Crippen molar-refractivity contribution in [1.82, 2.24) is 39.9 Å². The maximum atomic E-state index is 4.97. The van der Waals surface area contributed by atoms with Crippen molar-refractivity contribution in [3.8, 4) is 11.8 Å². The number of fused-ring (bicyclic) bond motifs is 13. The summed E-state index contributed by atoms with van der Waals surface area (Å²) in [5, 5.41) is 6.46. The van der Waals surface area contributed by atoms with Gasteiger partial charge in [-0.25, -0.2) is 9.97 Å². The van der Waals surface area contributed by atoms with Gasteiger partial charge in [0.25, 0.3) is 0 Å². The number of rotatable bonds is 0. The molecule has 5 aromatic carbocycles. The van der Waals surface area contributed by atoms with Crippen molar-refractivity contribution >= 4 is 87.5 Å². The molecule has 0 amide bonds. The van der Waals surface area contributed by atoms with E-state index in [0.717, 1.165) is 98.6 Å². The number of benzene rings is 5. The van der Waals surface area contributed by atoms with Gasteiger partial charge < -0.3 is 0 Å². The van der Waals surface area contributed by atoms with Gasteiger partial charge in [-0.3, -0.25) is 29.9 Å². The average molecular weight is 844 g/mol. The summed E-state index contributed by atoms with van der Waals surface area (Å²) in [5.74, 6) is 6.43. The topological polar surface area (TPSA) is 103 Å². The largest absolute Gasteiger partial charge is 0.254 e. The van der Waals surface area contributed by atoms with E-state index >= 15 is 0 Å². The van der Waals surface area contributed by atoms with Crippen LogP contribution < -0.4 is 0 Å². The molecule has 7 heterocycles. The smallest absolute Gasteiger partial charge is 0.0996 e. The van der Waals surface area contributed by atoms with Crippen molar-refractivity contribution in [2.24, 2.45) is 0 Å². The molecule has 0 spiro atoms. The summed E-state index contributed by atoms with van der Waals surface area (Å²) in [4.78, 5) is 36.4. The van der Waals surface area contributed by atoms with Crippen LogP contribution in [-0.2, 0) is 19.5 Å². The Balaban J connectivity index is 0.000000129. The molecule has 8 nitrogen and oxygen atoms in total. The van der Waals surface area contributed by atoms with Crippen LogP contribution in [0.1, 0.15) is 11.1 Å². The molecule has 0 fully saturated rings. The van der Waals surface area contributed by atoms with Gasteiger partial charge in [-0.05, 0) is 78.9 Å².